The number of ether oxygens (including phenoxy) is 1. The minimum atomic E-state index is -1.26. The maximum Gasteiger partial charge on any atom is 0.329 e. The Kier molecular flexibility index (Phi) is 4.25. The number of nitrogens with one attached hydrogen (secondary N) is 1. The molecular weight excluding hydrogens is 326 g/mol. The number of urea groups is 1. The van der Waals surface area contributed by atoms with Crippen LogP contribution in [0.25, 0.3) is 11.8 Å². The van der Waals surface area contributed by atoms with Gasteiger partial charge in [0, 0.05) is 17.6 Å². The molecule has 1 aliphatic rings. The van der Waals surface area contributed by atoms with Crippen molar-refractivity contribution >= 4 is 24.0 Å². The van der Waals surface area contributed by atoms with Gasteiger partial charge in [0.15, 0.2) is 0 Å². The number of carbonyl (C=O) groups is 3. The molecule has 0 unspecified atom stereocenters. The molecule has 1 aliphatic heterocycles. The van der Waals surface area contributed by atoms with Crippen molar-refractivity contribution in [3.8, 4) is 11.4 Å². The summed E-state index contributed by atoms with van der Waals surface area (Å²) in [6.07, 6.45) is 3.32. The highest BCUT2D eigenvalue weighted by atomic mass is 16.5. The van der Waals surface area contributed by atoms with E-state index < -0.39 is 24.5 Å². The predicted molar refractivity (Wildman–Crippen MR) is 88.2 cm³/mol. The molecule has 3 rings (SSSR count). The fourth-order valence-corrected chi connectivity index (χ4v) is 2.49. The van der Waals surface area contributed by atoms with Gasteiger partial charge in [0.25, 0.3) is 5.91 Å². The van der Waals surface area contributed by atoms with Crippen LogP contribution in [0.3, 0.4) is 0 Å². The molecule has 8 heteroatoms. The van der Waals surface area contributed by atoms with E-state index in [1.807, 2.05) is 35.0 Å². The average molecular weight is 341 g/mol. The van der Waals surface area contributed by atoms with Crippen LogP contribution >= 0.6 is 0 Å². The number of benzene rings is 1. The number of carbonyl (C=O) groups excluding carboxylic acids is 2. The van der Waals surface area contributed by atoms with Gasteiger partial charge in [-0.15, -0.1) is 0 Å². The summed E-state index contributed by atoms with van der Waals surface area (Å²) in [5, 5.41) is 11.2. The molecule has 0 atom stereocenters. The van der Waals surface area contributed by atoms with Gasteiger partial charge >= 0.3 is 12.0 Å². The van der Waals surface area contributed by atoms with Gasteiger partial charge in [-0.2, -0.15) is 0 Å². The lowest BCUT2D eigenvalue weighted by atomic mass is 10.2. The van der Waals surface area contributed by atoms with Gasteiger partial charge in [0.1, 0.15) is 18.0 Å². The number of aromatic nitrogens is 1. The zero-order valence-electron chi connectivity index (χ0n) is 13.3. The lowest BCUT2D eigenvalue weighted by molar-refractivity contribution is -0.140. The van der Waals surface area contributed by atoms with Crippen LogP contribution in [0.2, 0.25) is 0 Å². The maximum atomic E-state index is 12.2. The number of aliphatic carboxylic acids is 1. The van der Waals surface area contributed by atoms with Crippen molar-refractivity contribution in [1.29, 1.82) is 0 Å². The van der Waals surface area contributed by atoms with Crippen LogP contribution in [0, 0.1) is 0 Å². The first-order valence-corrected chi connectivity index (χ1v) is 7.37. The van der Waals surface area contributed by atoms with Crippen LogP contribution < -0.4 is 10.1 Å². The van der Waals surface area contributed by atoms with E-state index in [1.54, 1.807) is 19.2 Å². The van der Waals surface area contributed by atoms with Gasteiger partial charge in [-0.1, -0.05) is 0 Å². The first kappa shape index (κ1) is 16.3. The standard InChI is InChI=1S/C17H15N3O5/c1-25-13-6-4-11(5-7-13)19-8-2-3-12(19)9-14-16(23)20(10-15(21)22)17(24)18-14/h2-9H,10H2,1H3,(H,18,24)(H,21,22)/b14-9+. The lowest BCUT2D eigenvalue weighted by Gasteiger charge is -2.08. The highest BCUT2D eigenvalue weighted by Crippen LogP contribution is 2.20. The molecule has 0 spiro atoms. The van der Waals surface area contributed by atoms with E-state index in [0.717, 1.165) is 11.4 Å². The monoisotopic (exact) mass is 341 g/mol. The van der Waals surface area contributed by atoms with Crippen LogP contribution in [0.5, 0.6) is 5.75 Å². The molecule has 2 heterocycles. The van der Waals surface area contributed by atoms with Crippen molar-refractivity contribution in [3.05, 3.63) is 54.0 Å². The van der Waals surface area contributed by atoms with Crippen molar-refractivity contribution in [2.75, 3.05) is 13.7 Å². The largest absolute Gasteiger partial charge is 0.497 e. The fraction of sp³-hybridized carbons (Fsp3) is 0.118. The molecule has 25 heavy (non-hydrogen) atoms. The second kappa shape index (κ2) is 6.52. The van der Waals surface area contributed by atoms with Crippen LogP contribution in [-0.2, 0) is 9.59 Å². The summed E-state index contributed by atoms with van der Waals surface area (Å²) in [5.41, 5.74) is 1.53. The predicted octanol–water partition coefficient (Wildman–Crippen LogP) is 1.46. The maximum absolute atomic E-state index is 12.2. The number of methoxy groups -OCH3 is 1. The van der Waals surface area contributed by atoms with Gasteiger partial charge in [-0.3, -0.25) is 9.59 Å². The Labute approximate surface area is 142 Å². The first-order valence-electron chi connectivity index (χ1n) is 7.37. The van der Waals surface area contributed by atoms with Crippen LogP contribution in [0.4, 0.5) is 4.79 Å². The summed E-state index contributed by atoms with van der Waals surface area (Å²) in [7, 11) is 1.58. The van der Waals surface area contributed by atoms with Crippen LogP contribution in [-0.4, -0.2) is 46.1 Å². The summed E-state index contributed by atoms with van der Waals surface area (Å²) in [5.74, 6) is -1.21. The molecule has 0 saturated carbocycles. The van der Waals surface area contributed by atoms with Gasteiger partial charge < -0.3 is 19.7 Å². The Morgan fingerprint density at radius 3 is 2.60 bits per heavy atom. The fourth-order valence-electron chi connectivity index (χ4n) is 2.49. The van der Waals surface area contributed by atoms with E-state index in [0.29, 0.717) is 10.6 Å². The normalized spacial score (nSPS) is 15.6. The van der Waals surface area contributed by atoms with Gasteiger partial charge in [0.05, 0.1) is 7.11 Å². The van der Waals surface area contributed by atoms with Crippen molar-refractivity contribution in [3.63, 3.8) is 0 Å². The first-order chi connectivity index (χ1) is 12.0. The summed E-state index contributed by atoms with van der Waals surface area (Å²) >= 11 is 0. The molecule has 128 valence electrons. The number of carboxylic acid groups (broad SMARTS) is 1. The summed E-state index contributed by atoms with van der Waals surface area (Å²) in [6, 6.07) is 10.1. The van der Waals surface area contributed by atoms with E-state index >= 15 is 0 Å². The number of hydrogen-bond acceptors (Lipinski definition) is 4. The highest BCUT2D eigenvalue weighted by Gasteiger charge is 2.35. The molecule has 1 aromatic heterocycles. The molecule has 0 bridgehead atoms. The second-order valence-electron chi connectivity index (χ2n) is 5.27. The topological polar surface area (TPSA) is 101 Å². The molecule has 1 fully saturated rings. The molecule has 8 nitrogen and oxygen atoms in total. The average Bonchev–Trinajstić information content (AvgIpc) is 3.15. The Morgan fingerprint density at radius 2 is 1.96 bits per heavy atom. The number of imide groups is 1. The number of rotatable bonds is 5. The van der Waals surface area contributed by atoms with Gasteiger partial charge in [-0.25, -0.2) is 9.69 Å². The summed E-state index contributed by atoms with van der Waals surface area (Å²) in [6.45, 7) is -0.679. The Hall–Kier alpha value is -3.55. The SMILES string of the molecule is COc1ccc(-n2cccc2/C=C2/NC(=O)N(CC(=O)O)C2=O)cc1. The number of hydrogen-bond donors (Lipinski definition) is 2. The van der Waals surface area contributed by atoms with Crippen LogP contribution in [0.15, 0.2) is 48.3 Å². The molecule has 1 aromatic carbocycles. The quantitative estimate of drug-likeness (QED) is 0.633. The zero-order valence-corrected chi connectivity index (χ0v) is 13.3. The molecule has 1 saturated heterocycles. The highest BCUT2D eigenvalue weighted by molar-refractivity contribution is 6.15. The van der Waals surface area contributed by atoms with Crippen molar-refractivity contribution in [2.45, 2.75) is 0 Å². The Morgan fingerprint density at radius 1 is 1.24 bits per heavy atom. The van der Waals surface area contributed by atoms with Crippen molar-refractivity contribution < 1.29 is 24.2 Å². The Bertz CT molecular complexity index is 867. The number of amides is 3. The van der Waals surface area contributed by atoms with E-state index in [9.17, 15) is 14.4 Å². The second-order valence-corrected chi connectivity index (χ2v) is 5.27. The van der Waals surface area contributed by atoms with Gasteiger partial charge in [-0.05, 0) is 42.5 Å². The molecular formula is C17H15N3O5. The molecule has 2 aromatic rings. The number of nitrogens with zero attached hydrogens (tertiary/aromatic N) is 2. The summed E-state index contributed by atoms with van der Waals surface area (Å²) < 4.78 is 6.95. The van der Waals surface area contributed by atoms with E-state index in [1.165, 1.54) is 6.08 Å². The van der Waals surface area contributed by atoms with Crippen molar-refractivity contribution in [2.24, 2.45) is 0 Å². The van der Waals surface area contributed by atoms with E-state index in [-0.39, 0.29) is 5.70 Å². The third-order valence-corrected chi connectivity index (χ3v) is 3.68. The minimum absolute atomic E-state index is 0.0275. The minimum Gasteiger partial charge on any atom is -0.497 e. The molecule has 3 amide bonds. The van der Waals surface area contributed by atoms with Crippen molar-refractivity contribution in [1.82, 2.24) is 14.8 Å². The lowest BCUT2D eigenvalue weighted by Crippen LogP contribution is -2.35. The molecule has 2 N–H and O–H groups in total. The van der Waals surface area contributed by atoms with Crippen LogP contribution in [0.1, 0.15) is 5.69 Å². The number of carboxylic acids is 1. The third kappa shape index (κ3) is 3.23. The zero-order chi connectivity index (χ0) is 18.0. The summed E-state index contributed by atoms with van der Waals surface area (Å²) in [4.78, 5) is 35.3. The van der Waals surface area contributed by atoms with E-state index in [2.05, 4.69) is 5.32 Å². The third-order valence-electron chi connectivity index (χ3n) is 3.68. The molecule has 0 aliphatic carbocycles. The molecule has 0 radical (unpaired) electrons. The Balaban J connectivity index is 1.90. The van der Waals surface area contributed by atoms with Gasteiger partial charge in [0.2, 0.25) is 0 Å². The van der Waals surface area contributed by atoms with E-state index in [4.69, 9.17) is 9.84 Å². The smallest absolute Gasteiger partial charge is 0.329 e.